The molecule has 0 aromatic heterocycles. The zero-order valence-electron chi connectivity index (χ0n) is 10.9. The summed E-state index contributed by atoms with van der Waals surface area (Å²) >= 11 is 0. The van der Waals surface area contributed by atoms with E-state index in [1.807, 2.05) is 0 Å². The van der Waals surface area contributed by atoms with Crippen molar-refractivity contribution in [3.05, 3.63) is 0 Å². The van der Waals surface area contributed by atoms with Crippen molar-refractivity contribution in [1.82, 2.24) is 10.6 Å². The highest BCUT2D eigenvalue weighted by Gasteiger charge is 2.33. The highest BCUT2D eigenvalue weighted by molar-refractivity contribution is 5.85. The SMILES string of the molecule is CNCC(=O)NCC1(CCOC)CCCC1.Cl. The van der Waals surface area contributed by atoms with E-state index < -0.39 is 0 Å². The Kier molecular flexibility index (Phi) is 8.56. The topological polar surface area (TPSA) is 50.4 Å². The predicted octanol–water partition coefficient (Wildman–Crippen LogP) is 1.34. The summed E-state index contributed by atoms with van der Waals surface area (Å²) < 4.78 is 5.16. The van der Waals surface area contributed by atoms with E-state index in [0.717, 1.165) is 19.6 Å². The normalized spacial score (nSPS) is 17.5. The number of ether oxygens (including phenoxy) is 1. The molecular weight excluding hydrogens is 240 g/mol. The third kappa shape index (κ3) is 5.70. The van der Waals surface area contributed by atoms with Crippen LogP contribution < -0.4 is 10.6 Å². The van der Waals surface area contributed by atoms with E-state index in [9.17, 15) is 4.79 Å². The van der Waals surface area contributed by atoms with Gasteiger partial charge in [0.15, 0.2) is 0 Å². The summed E-state index contributed by atoms with van der Waals surface area (Å²) in [5.74, 6) is 0.0891. The van der Waals surface area contributed by atoms with Gasteiger partial charge in [-0.3, -0.25) is 4.79 Å². The summed E-state index contributed by atoms with van der Waals surface area (Å²) in [6.45, 7) is 2.00. The maximum atomic E-state index is 11.4. The van der Waals surface area contributed by atoms with Crippen molar-refractivity contribution in [2.24, 2.45) is 5.41 Å². The van der Waals surface area contributed by atoms with Crippen LogP contribution in [0.4, 0.5) is 0 Å². The molecule has 0 aromatic carbocycles. The molecule has 0 heterocycles. The van der Waals surface area contributed by atoms with Crippen LogP contribution in [0.5, 0.6) is 0 Å². The first-order valence-corrected chi connectivity index (χ1v) is 6.13. The summed E-state index contributed by atoms with van der Waals surface area (Å²) in [5.41, 5.74) is 0.291. The molecule has 1 saturated carbocycles. The molecule has 1 fully saturated rings. The van der Waals surface area contributed by atoms with Crippen molar-refractivity contribution in [2.45, 2.75) is 32.1 Å². The Morgan fingerprint density at radius 2 is 2.00 bits per heavy atom. The molecule has 0 atom stereocenters. The number of carbonyl (C=O) groups is 1. The van der Waals surface area contributed by atoms with Crippen LogP contribution in [-0.2, 0) is 9.53 Å². The van der Waals surface area contributed by atoms with Crippen LogP contribution in [0.25, 0.3) is 0 Å². The molecule has 1 aliphatic carbocycles. The average molecular weight is 265 g/mol. The Morgan fingerprint density at radius 3 is 2.53 bits per heavy atom. The van der Waals surface area contributed by atoms with Crippen LogP contribution in [0, 0.1) is 5.41 Å². The van der Waals surface area contributed by atoms with Crippen LogP contribution in [0.1, 0.15) is 32.1 Å². The number of hydrogen-bond acceptors (Lipinski definition) is 3. The smallest absolute Gasteiger partial charge is 0.233 e. The molecule has 0 saturated heterocycles. The van der Waals surface area contributed by atoms with Gasteiger partial charge in [0.1, 0.15) is 0 Å². The van der Waals surface area contributed by atoms with Gasteiger partial charge in [-0.05, 0) is 31.7 Å². The number of amides is 1. The Balaban J connectivity index is 0.00000256. The number of hydrogen-bond donors (Lipinski definition) is 2. The van der Waals surface area contributed by atoms with E-state index >= 15 is 0 Å². The van der Waals surface area contributed by atoms with Gasteiger partial charge in [0.25, 0.3) is 0 Å². The zero-order chi connectivity index (χ0) is 11.9. The minimum Gasteiger partial charge on any atom is -0.385 e. The highest BCUT2D eigenvalue weighted by Crippen LogP contribution is 2.40. The third-order valence-electron chi connectivity index (χ3n) is 3.50. The average Bonchev–Trinajstić information content (AvgIpc) is 2.74. The fourth-order valence-electron chi connectivity index (χ4n) is 2.47. The predicted molar refractivity (Wildman–Crippen MR) is 71.6 cm³/mol. The number of nitrogens with one attached hydrogen (secondary N) is 2. The van der Waals surface area contributed by atoms with Gasteiger partial charge in [-0.15, -0.1) is 12.4 Å². The summed E-state index contributed by atoms with van der Waals surface area (Å²) in [6.07, 6.45) is 6.06. The first kappa shape index (κ1) is 16.7. The molecule has 0 aromatic rings. The summed E-state index contributed by atoms with van der Waals surface area (Å²) in [5, 5.41) is 5.88. The number of rotatable bonds is 7. The second-order valence-corrected chi connectivity index (χ2v) is 4.76. The minimum atomic E-state index is 0. The Bertz CT molecular complexity index is 219. The molecule has 4 nitrogen and oxygen atoms in total. The van der Waals surface area contributed by atoms with Gasteiger partial charge in [0, 0.05) is 20.3 Å². The summed E-state index contributed by atoms with van der Waals surface area (Å²) in [7, 11) is 3.53. The molecule has 0 bridgehead atoms. The lowest BCUT2D eigenvalue weighted by Gasteiger charge is -2.29. The van der Waals surface area contributed by atoms with Crippen LogP contribution in [0.15, 0.2) is 0 Å². The van der Waals surface area contributed by atoms with E-state index in [1.165, 1.54) is 25.7 Å². The maximum absolute atomic E-state index is 11.4. The molecule has 1 aliphatic rings. The summed E-state index contributed by atoms with van der Waals surface area (Å²) in [4.78, 5) is 11.4. The van der Waals surface area contributed by atoms with Gasteiger partial charge in [-0.25, -0.2) is 0 Å². The lowest BCUT2D eigenvalue weighted by Crippen LogP contribution is -2.40. The number of methoxy groups -OCH3 is 1. The van der Waals surface area contributed by atoms with Crippen LogP contribution in [0.3, 0.4) is 0 Å². The molecular formula is C12H25ClN2O2. The maximum Gasteiger partial charge on any atom is 0.233 e. The van der Waals surface area contributed by atoms with E-state index in [4.69, 9.17) is 4.74 Å². The van der Waals surface area contributed by atoms with E-state index in [0.29, 0.717) is 12.0 Å². The minimum absolute atomic E-state index is 0. The molecule has 0 radical (unpaired) electrons. The fraction of sp³-hybridized carbons (Fsp3) is 0.917. The lowest BCUT2D eigenvalue weighted by molar-refractivity contribution is -0.120. The standard InChI is InChI=1S/C12H24N2O2.ClH/c1-13-9-11(15)14-10-12(7-8-16-2)5-3-4-6-12;/h13H,3-10H2,1-2H3,(H,14,15);1H. The first-order valence-electron chi connectivity index (χ1n) is 6.13. The van der Waals surface area contributed by atoms with Crippen molar-refractivity contribution < 1.29 is 9.53 Å². The van der Waals surface area contributed by atoms with Gasteiger partial charge in [-0.1, -0.05) is 12.8 Å². The zero-order valence-corrected chi connectivity index (χ0v) is 11.7. The molecule has 0 spiro atoms. The third-order valence-corrected chi connectivity index (χ3v) is 3.50. The second-order valence-electron chi connectivity index (χ2n) is 4.76. The first-order chi connectivity index (χ1) is 7.72. The van der Waals surface area contributed by atoms with Gasteiger partial charge < -0.3 is 15.4 Å². The monoisotopic (exact) mass is 264 g/mol. The van der Waals surface area contributed by atoms with Crippen LogP contribution in [0.2, 0.25) is 0 Å². The molecule has 1 rings (SSSR count). The molecule has 1 amide bonds. The van der Waals surface area contributed by atoms with Gasteiger partial charge >= 0.3 is 0 Å². The number of carbonyl (C=O) groups excluding carboxylic acids is 1. The Labute approximate surface area is 110 Å². The van der Waals surface area contributed by atoms with E-state index in [1.54, 1.807) is 14.2 Å². The largest absolute Gasteiger partial charge is 0.385 e. The fourth-order valence-corrected chi connectivity index (χ4v) is 2.47. The molecule has 5 heteroatoms. The summed E-state index contributed by atoms with van der Waals surface area (Å²) in [6, 6.07) is 0. The van der Waals surface area contributed by atoms with Crippen molar-refractivity contribution >= 4 is 18.3 Å². The van der Waals surface area contributed by atoms with Crippen molar-refractivity contribution in [2.75, 3.05) is 33.9 Å². The van der Waals surface area contributed by atoms with Gasteiger partial charge in [0.05, 0.1) is 6.54 Å². The molecule has 2 N–H and O–H groups in total. The Hall–Kier alpha value is -0.320. The van der Waals surface area contributed by atoms with Gasteiger partial charge in [0.2, 0.25) is 5.91 Å². The molecule has 102 valence electrons. The quantitative estimate of drug-likeness (QED) is 0.730. The van der Waals surface area contributed by atoms with E-state index in [2.05, 4.69) is 10.6 Å². The molecule has 0 unspecified atom stereocenters. The molecule has 17 heavy (non-hydrogen) atoms. The van der Waals surface area contributed by atoms with Crippen molar-refractivity contribution in [1.29, 1.82) is 0 Å². The Morgan fingerprint density at radius 1 is 1.35 bits per heavy atom. The second kappa shape index (κ2) is 8.72. The number of likely N-dealkylation sites (N-methyl/N-ethyl adjacent to an activating group) is 1. The van der Waals surface area contributed by atoms with Crippen LogP contribution in [-0.4, -0.2) is 39.8 Å². The van der Waals surface area contributed by atoms with E-state index in [-0.39, 0.29) is 18.3 Å². The number of halogens is 1. The van der Waals surface area contributed by atoms with Crippen LogP contribution >= 0.6 is 12.4 Å². The van der Waals surface area contributed by atoms with Crippen molar-refractivity contribution in [3.63, 3.8) is 0 Å². The van der Waals surface area contributed by atoms with Crippen molar-refractivity contribution in [3.8, 4) is 0 Å². The highest BCUT2D eigenvalue weighted by atomic mass is 35.5. The lowest BCUT2D eigenvalue weighted by atomic mass is 9.83. The molecule has 0 aliphatic heterocycles. The van der Waals surface area contributed by atoms with Gasteiger partial charge in [-0.2, -0.15) is 0 Å².